The number of aliphatic imine (C=N–C) groups is 1. The lowest BCUT2D eigenvalue weighted by molar-refractivity contribution is -0.219. The van der Waals surface area contributed by atoms with E-state index in [1.807, 2.05) is 6.07 Å². The molecule has 0 aliphatic heterocycles. The summed E-state index contributed by atoms with van der Waals surface area (Å²) in [6.45, 7) is 0. The van der Waals surface area contributed by atoms with Crippen molar-refractivity contribution < 1.29 is 29.3 Å². The van der Waals surface area contributed by atoms with Crippen LogP contribution >= 0.6 is 0 Å². The first-order valence-corrected chi connectivity index (χ1v) is 7.35. The molecule has 130 valence electrons. The Balaban J connectivity index is 2.06. The highest BCUT2D eigenvalue weighted by molar-refractivity contribution is 5.88. The van der Waals surface area contributed by atoms with Gasteiger partial charge in [-0.1, -0.05) is 36.4 Å². The van der Waals surface area contributed by atoms with Gasteiger partial charge in [0.2, 0.25) is 6.23 Å². The molecule has 0 saturated heterocycles. The lowest BCUT2D eigenvalue weighted by atomic mass is 10.1. The maximum absolute atomic E-state index is 12.1. The van der Waals surface area contributed by atoms with E-state index in [-0.39, 0.29) is 17.7 Å². The highest BCUT2D eigenvalue weighted by Gasteiger charge is 2.19. The lowest BCUT2D eigenvalue weighted by Crippen LogP contribution is -2.31. The van der Waals surface area contributed by atoms with Crippen LogP contribution in [-0.4, -0.2) is 36.3 Å². The van der Waals surface area contributed by atoms with Gasteiger partial charge in [0.05, 0.1) is 5.56 Å². The fourth-order valence-electron chi connectivity index (χ4n) is 2.01. The van der Waals surface area contributed by atoms with Gasteiger partial charge >= 0.3 is 11.9 Å². The third kappa shape index (κ3) is 5.43. The topological polar surface area (TPSA) is 108 Å². The number of carboxylic acid groups (broad SMARTS) is 1. The minimum atomic E-state index is -1.43. The molecule has 0 spiro atoms. The van der Waals surface area contributed by atoms with Crippen LogP contribution in [-0.2, 0) is 16.0 Å². The molecule has 25 heavy (non-hydrogen) atoms. The highest BCUT2D eigenvalue weighted by Crippen LogP contribution is 2.15. The summed E-state index contributed by atoms with van der Waals surface area (Å²) in [5.74, 6) is -2.57. The number of hydrogen-bond acceptors (Lipinski definition) is 6. The molecule has 2 aromatic rings. The SMILES string of the molecule is COC(N=C([O-])Cc1ccccc1)C(=O)Oc1cccc(C(=O)O)c1. The predicted molar refractivity (Wildman–Crippen MR) is 87.4 cm³/mol. The van der Waals surface area contributed by atoms with Gasteiger partial charge in [0, 0.05) is 13.5 Å². The fraction of sp³-hybridized carbons (Fsp3) is 0.167. The molecule has 1 unspecified atom stereocenters. The number of carboxylic acids is 1. The Morgan fingerprint density at radius 2 is 1.88 bits per heavy atom. The molecular formula is C18H16NO6-. The first-order valence-electron chi connectivity index (χ1n) is 7.35. The Bertz CT molecular complexity index is 772. The average molecular weight is 342 g/mol. The largest absolute Gasteiger partial charge is 0.862 e. The van der Waals surface area contributed by atoms with Crippen molar-refractivity contribution in [3.63, 3.8) is 0 Å². The molecule has 0 heterocycles. The maximum atomic E-state index is 12.1. The van der Waals surface area contributed by atoms with Crippen LogP contribution in [0.15, 0.2) is 59.6 Å². The summed E-state index contributed by atoms with van der Waals surface area (Å²) >= 11 is 0. The van der Waals surface area contributed by atoms with E-state index in [0.29, 0.717) is 0 Å². The second-order valence-corrected chi connectivity index (χ2v) is 5.03. The average Bonchev–Trinajstić information content (AvgIpc) is 2.60. The zero-order valence-corrected chi connectivity index (χ0v) is 13.4. The van der Waals surface area contributed by atoms with Crippen LogP contribution in [0.4, 0.5) is 0 Å². The molecule has 0 bridgehead atoms. The van der Waals surface area contributed by atoms with Crippen LogP contribution < -0.4 is 9.84 Å². The van der Waals surface area contributed by atoms with Crippen molar-refractivity contribution in [2.45, 2.75) is 12.6 Å². The van der Waals surface area contributed by atoms with E-state index in [1.165, 1.54) is 31.4 Å². The van der Waals surface area contributed by atoms with Gasteiger partial charge in [-0.15, -0.1) is 0 Å². The van der Waals surface area contributed by atoms with Gasteiger partial charge < -0.3 is 19.7 Å². The van der Waals surface area contributed by atoms with Crippen LogP contribution in [0.25, 0.3) is 0 Å². The van der Waals surface area contributed by atoms with E-state index in [9.17, 15) is 14.7 Å². The number of benzene rings is 2. The molecule has 1 atom stereocenters. The van der Waals surface area contributed by atoms with Crippen molar-refractivity contribution in [1.82, 2.24) is 0 Å². The van der Waals surface area contributed by atoms with E-state index >= 15 is 0 Å². The maximum Gasteiger partial charge on any atom is 0.363 e. The summed E-state index contributed by atoms with van der Waals surface area (Å²) in [4.78, 5) is 26.7. The highest BCUT2D eigenvalue weighted by atomic mass is 16.6. The van der Waals surface area contributed by atoms with Gasteiger partial charge in [0.1, 0.15) is 5.75 Å². The van der Waals surface area contributed by atoms with Crippen LogP contribution in [0.3, 0.4) is 0 Å². The zero-order chi connectivity index (χ0) is 18.2. The predicted octanol–water partition coefficient (Wildman–Crippen LogP) is 1.26. The smallest absolute Gasteiger partial charge is 0.363 e. The van der Waals surface area contributed by atoms with E-state index in [2.05, 4.69) is 4.99 Å². The summed E-state index contributed by atoms with van der Waals surface area (Å²) in [7, 11) is 1.22. The molecule has 2 aromatic carbocycles. The van der Waals surface area contributed by atoms with Crippen LogP contribution in [0, 0.1) is 0 Å². The van der Waals surface area contributed by atoms with Crippen molar-refractivity contribution in [2.24, 2.45) is 4.99 Å². The first-order chi connectivity index (χ1) is 12.0. The number of ether oxygens (including phenoxy) is 2. The van der Waals surface area contributed by atoms with E-state index in [0.717, 1.165) is 5.56 Å². The third-order valence-electron chi connectivity index (χ3n) is 3.18. The number of carbonyl (C=O) groups is 2. The quantitative estimate of drug-likeness (QED) is 0.351. The van der Waals surface area contributed by atoms with Crippen LogP contribution in [0.2, 0.25) is 0 Å². The van der Waals surface area contributed by atoms with Gasteiger partial charge in [0.15, 0.2) is 0 Å². The molecule has 0 amide bonds. The van der Waals surface area contributed by atoms with Gasteiger partial charge in [0.25, 0.3) is 0 Å². The van der Waals surface area contributed by atoms with Crippen molar-refractivity contribution >= 4 is 17.8 Å². The summed E-state index contributed by atoms with van der Waals surface area (Å²) in [6.07, 6.45) is -1.40. The Kier molecular flexibility index (Phi) is 6.25. The number of nitrogens with zero attached hydrogens (tertiary/aromatic N) is 1. The summed E-state index contributed by atoms with van der Waals surface area (Å²) in [5, 5.41) is 20.9. The number of aromatic carboxylic acids is 1. The van der Waals surface area contributed by atoms with Crippen molar-refractivity contribution in [3.05, 3.63) is 65.7 Å². The summed E-state index contributed by atoms with van der Waals surface area (Å²) < 4.78 is 9.93. The monoisotopic (exact) mass is 342 g/mol. The van der Waals surface area contributed by atoms with E-state index in [1.54, 1.807) is 24.3 Å². The van der Waals surface area contributed by atoms with Crippen LogP contribution in [0.5, 0.6) is 5.75 Å². The number of methoxy groups -OCH3 is 1. The second kappa shape index (κ2) is 8.60. The molecule has 0 aliphatic rings. The third-order valence-corrected chi connectivity index (χ3v) is 3.18. The molecule has 0 aromatic heterocycles. The molecule has 0 fully saturated rings. The van der Waals surface area contributed by atoms with Crippen molar-refractivity contribution in [2.75, 3.05) is 7.11 Å². The summed E-state index contributed by atoms with van der Waals surface area (Å²) in [6, 6.07) is 14.4. The Hall–Kier alpha value is -3.19. The molecule has 0 aliphatic carbocycles. The van der Waals surface area contributed by atoms with Gasteiger partial charge in [-0.2, -0.15) is 0 Å². The minimum Gasteiger partial charge on any atom is -0.862 e. The second-order valence-electron chi connectivity index (χ2n) is 5.03. The Labute approximate surface area is 144 Å². The zero-order valence-electron chi connectivity index (χ0n) is 13.4. The first kappa shape index (κ1) is 18.2. The molecule has 0 radical (unpaired) electrons. The number of esters is 1. The van der Waals surface area contributed by atoms with Gasteiger partial charge in [-0.3, -0.25) is 4.99 Å². The van der Waals surface area contributed by atoms with Crippen molar-refractivity contribution in [1.29, 1.82) is 0 Å². The number of rotatable bonds is 7. The van der Waals surface area contributed by atoms with Gasteiger partial charge in [-0.25, -0.2) is 9.59 Å². The molecule has 2 rings (SSSR count). The Morgan fingerprint density at radius 3 is 2.52 bits per heavy atom. The normalized spacial score (nSPS) is 12.4. The molecule has 0 saturated carbocycles. The molecule has 7 heteroatoms. The fourth-order valence-corrected chi connectivity index (χ4v) is 2.01. The summed E-state index contributed by atoms with van der Waals surface area (Å²) in [5.41, 5.74) is 0.727. The lowest BCUT2D eigenvalue weighted by Gasteiger charge is -2.16. The number of carbonyl (C=O) groups excluding carboxylic acids is 1. The standard InChI is InChI=1S/C18H17NO6/c1-24-16(19-15(20)10-12-6-3-2-4-7-12)18(23)25-14-9-5-8-13(11-14)17(21)22/h2-9,11,16H,10H2,1H3,(H,19,20)(H,21,22)/p-1. The van der Waals surface area contributed by atoms with Crippen molar-refractivity contribution in [3.8, 4) is 5.75 Å². The molecule has 7 nitrogen and oxygen atoms in total. The number of hydrogen-bond donors (Lipinski definition) is 1. The molecular weight excluding hydrogens is 326 g/mol. The van der Waals surface area contributed by atoms with Gasteiger partial charge in [-0.05, 0) is 29.7 Å². The van der Waals surface area contributed by atoms with E-state index < -0.39 is 24.1 Å². The molecule has 1 N–H and O–H groups in total. The van der Waals surface area contributed by atoms with E-state index in [4.69, 9.17) is 14.6 Å². The Morgan fingerprint density at radius 1 is 1.16 bits per heavy atom. The van der Waals surface area contributed by atoms with Crippen LogP contribution in [0.1, 0.15) is 15.9 Å². The minimum absolute atomic E-state index is 0.0256.